The summed E-state index contributed by atoms with van der Waals surface area (Å²) in [4.78, 5) is 11.1. The normalized spacial score (nSPS) is 19.8. The first-order valence-corrected chi connectivity index (χ1v) is 8.10. The molecule has 1 aliphatic rings. The average Bonchev–Trinajstić information content (AvgIpc) is 2.88. The highest BCUT2D eigenvalue weighted by molar-refractivity contribution is 7.89. The molecule has 0 radical (unpaired) electrons. The number of hydrogen-bond donors (Lipinski definition) is 3. The topological polar surface area (TPSA) is 127 Å². The Hall–Kier alpha value is -1.64. The second-order valence-corrected chi connectivity index (χ2v) is 7.05. The van der Waals surface area contributed by atoms with Crippen LogP contribution in [0.3, 0.4) is 0 Å². The number of hydrogen-bond acceptors (Lipinski definition) is 5. The minimum absolute atomic E-state index is 0.0110. The van der Waals surface area contributed by atoms with Gasteiger partial charge in [0.1, 0.15) is 4.90 Å². The number of rotatable bonds is 5. The van der Waals surface area contributed by atoms with Gasteiger partial charge in [-0.25, -0.2) is 8.42 Å². The van der Waals surface area contributed by atoms with E-state index in [0.29, 0.717) is 19.5 Å². The third-order valence-corrected chi connectivity index (χ3v) is 5.64. The Kier molecular flexibility index (Phi) is 4.50. The molecule has 8 heteroatoms. The number of aliphatic hydroxyl groups is 1. The molecular formula is C13H19N3O4S. The maximum absolute atomic E-state index is 12.6. The van der Waals surface area contributed by atoms with Crippen molar-refractivity contribution in [3.05, 3.63) is 23.8 Å². The lowest BCUT2D eigenvalue weighted by molar-refractivity contribution is 0.1000. The van der Waals surface area contributed by atoms with Crippen LogP contribution in [0.25, 0.3) is 0 Å². The first-order valence-electron chi connectivity index (χ1n) is 6.66. The van der Waals surface area contributed by atoms with Crippen LogP contribution in [-0.2, 0) is 10.0 Å². The molecule has 1 atom stereocenters. The van der Waals surface area contributed by atoms with Crippen molar-refractivity contribution in [2.45, 2.75) is 17.7 Å². The zero-order chi connectivity index (χ0) is 15.6. The van der Waals surface area contributed by atoms with Crippen molar-refractivity contribution in [1.82, 2.24) is 4.31 Å². The summed E-state index contributed by atoms with van der Waals surface area (Å²) < 4.78 is 26.5. The number of nitrogens with two attached hydrogens (primary N) is 2. The smallest absolute Gasteiger partial charge is 0.248 e. The predicted octanol–water partition coefficient (Wildman–Crippen LogP) is -0.239. The second-order valence-electron chi connectivity index (χ2n) is 5.15. The maximum atomic E-state index is 12.6. The molecule has 7 nitrogen and oxygen atoms in total. The van der Waals surface area contributed by atoms with E-state index in [4.69, 9.17) is 16.6 Å². The first-order chi connectivity index (χ1) is 9.86. The molecule has 1 amide bonds. The van der Waals surface area contributed by atoms with Crippen LogP contribution in [0, 0.1) is 5.92 Å². The Labute approximate surface area is 123 Å². The van der Waals surface area contributed by atoms with Gasteiger partial charge in [0, 0.05) is 25.3 Å². The summed E-state index contributed by atoms with van der Waals surface area (Å²) in [6.07, 6.45) is 1.31. The minimum atomic E-state index is -3.69. The molecule has 1 fully saturated rings. The summed E-state index contributed by atoms with van der Waals surface area (Å²) >= 11 is 0. The maximum Gasteiger partial charge on any atom is 0.248 e. The Morgan fingerprint density at radius 2 is 2.14 bits per heavy atom. The van der Waals surface area contributed by atoms with E-state index in [2.05, 4.69) is 0 Å². The number of nitrogen functional groups attached to an aromatic ring is 1. The number of benzene rings is 1. The van der Waals surface area contributed by atoms with Crippen molar-refractivity contribution in [2.24, 2.45) is 11.7 Å². The molecule has 2 rings (SSSR count). The van der Waals surface area contributed by atoms with Crippen molar-refractivity contribution in [3.8, 4) is 0 Å². The Bertz CT molecular complexity index is 645. The summed E-state index contributed by atoms with van der Waals surface area (Å²) in [6.45, 7) is 0.831. The molecule has 116 valence electrons. The summed E-state index contributed by atoms with van der Waals surface area (Å²) in [6, 6.07) is 3.94. The van der Waals surface area contributed by atoms with E-state index in [-0.39, 0.29) is 28.7 Å². The Morgan fingerprint density at radius 3 is 2.71 bits per heavy atom. The van der Waals surface area contributed by atoms with Crippen molar-refractivity contribution in [1.29, 1.82) is 0 Å². The molecule has 1 unspecified atom stereocenters. The average molecular weight is 313 g/mol. The lowest BCUT2D eigenvalue weighted by atomic mass is 10.1. The number of sulfonamides is 1. The fourth-order valence-corrected chi connectivity index (χ4v) is 4.14. The molecule has 0 bridgehead atoms. The second kappa shape index (κ2) is 6.00. The first kappa shape index (κ1) is 15.7. The summed E-state index contributed by atoms with van der Waals surface area (Å²) in [7, 11) is -3.69. The van der Waals surface area contributed by atoms with Crippen LogP contribution in [0.15, 0.2) is 23.1 Å². The van der Waals surface area contributed by atoms with Crippen LogP contribution in [0.4, 0.5) is 5.69 Å². The van der Waals surface area contributed by atoms with Gasteiger partial charge < -0.3 is 16.6 Å². The highest BCUT2D eigenvalue weighted by Crippen LogP contribution is 2.29. The molecule has 1 aromatic rings. The van der Waals surface area contributed by atoms with Crippen molar-refractivity contribution in [3.63, 3.8) is 0 Å². The van der Waals surface area contributed by atoms with Gasteiger partial charge in [-0.2, -0.15) is 4.31 Å². The standard InChI is InChI=1S/C13H19N3O4S/c14-11-7-10(13(15)18)1-2-12(11)21(19,20)16-5-3-9(8-16)4-6-17/h1-2,7,9,17H,3-6,8,14H2,(H2,15,18). The molecule has 1 aromatic carbocycles. The zero-order valence-electron chi connectivity index (χ0n) is 11.5. The van der Waals surface area contributed by atoms with Gasteiger partial charge in [0.15, 0.2) is 0 Å². The number of anilines is 1. The number of nitrogens with zero attached hydrogens (tertiary/aromatic N) is 1. The number of aliphatic hydroxyl groups excluding tert-OH is 1. The van der Waals surface area contributed by atoms with Crippen LogP contribution in [0.2, 0.25) is 0 Å². The molecule has 5 N–H and O–H groups in total. The van der Waals surface area contributed by atoms with E-state index in [1.807, 2.05) is 0 Å². The summed E-state index contributed by atoms with van der Waals surface area (Å²) in [5.41, 5.74) is 11.1. The molecule has 1 saturated heterocycles. The number of primary amides is 1. The monoisotopic (exact) mass is 313 g/mol. The van der Waals surface area contributed by atoms with Crippen LogP contribution in [-0.4, -0.2) is 43.4 Å². The molecule has 0 aromatic heterocycles. The van der Waals surface area contributed by atoms with E-state index < -0.39 is 15.9 Å². The van der Waals surface area contributed by atoms with E-state index in [1.165, 1.54) is 22.5 Å². The highest BCUT2D eigenvalue weighted by atomic mass is 32.2. The molecular weight excluding hydrogens is 294 g/mol. The molecule has 1 aliphatic heterocycles. The van der Waals surface area contributed by atoms with Crippen LogP contribution in [0.5, 0.6) is 0 Å². The fourth-order valence-electron chi connectivity index (χ4n) is 2.51. The molecule has 0 saturated carbocycles. The number of carbonyl (C=O) groups excluding carboxylic acids is 1. The van der Waals surface area contributed by atoms with Gasteiger partial charge in [0.2, 0.25) is 15.9 Å². The molecule has 0 spiro atoms. The third kappa shape index (κ3) is 3.17. The van der Waals surface area contributed by atoms with Crippen LogP contribution < -0.4 is 11.5 Å². The summed E-state index contributed by atoms with van der Waals surface area (Å²) in [5.74, 6) is -0.495. The van der Waals surface area contributed by atoms with E-state index >= 15 is 0 Å². The van der Waals surface area contributed by atoms with Crippen molar-refractivity contribution < 1.29 is 18.3 Å². The largest absolute Gasteiger partial charge is 0.398 e. The molecule has 1 heterocycles. The number of amides is 1. The van der Waals surface area contributed by atoms with E-state index in [9.17, 15) is 13.2 Å². The Morgan fingerprint density at radius 1 is 1.43 bits per heavy atom. The van der Waals surface area contributed by atoms with Gasteiger partial charge in [-0.1, -0.05) is 0 Å². The molecule has 21 heavy (non-hydrogen) atoms. The zero-order valence-corrected chi connectivity index (χ0v) is 12.3. The minimum Gasteiger partial charge on any atom is -0.398 e. The van der Waals surface area contributed by atoms with Gasteiger partial charge in [0.05, 0.1) is 5.69 Å². The van der Waals surface area contributed by atoms with Crippen molar-refractivity contribution >= 4 is 21.6 Å². The van der Waals surface area contributed by atoms with Gasteiger partial charge in [-0.15, -0.1) is 0 Å². The van der Waals surface area contributed by atoms with Crippen molar-refractivity contribution in [2.75, 3.05) is 25.4 Å². The lowest BCUT2D eigenvalue weighted by Crippen LogP contribution is -2.29. The quantitative estimate of drug-likeness (QED) is 0.647. The SMILES string of the molecule is NC(=O)c1ccc(S(=O)(=O)N2CCC(CCO)C2)c(N)c1. The fraction of sp³-hybridized carbons (Fsp3) is 0.462. The molecule has 0 aliphatic carbocycles. The third-order valence-electron chi connectivity index (χ3n) is 3.70. The van der Waals surface area contributed by atoms with Crippen LogP contribution in [0.1, 0.15) is 23.2 Å². The number of carbonyl (C=O) groups is 1. The summed E-state index contributed by atoms with van der Waals surface area (Å²) in [5, 5.41) is 8.93. The van der Waals surface area contributed by atoms with Gasteiger partial charge in [0.25, 0.3) is 0 Å². The van der Waals surface area contributed by atoms with Crippen LogP contribution >= 0.6 is 0 Å². The van der Waals surface area contributed by atoms with E-state index in [0.717, 1.165) is 6.42 Å². The Balaban J connectivity index is 2.26. The van der Waals surface area contributed by atoms with Gasteiger partial charge >= 0.3 is 0 Å². The van der Waals surface area contributed by atoms with E-state index in [1.54, 1.807) is 0 Å². The highest BCUT2D eigenvalue weighted by Gasteiger charge is 2.33. The lowest BCUT2D eigenvalue weighted by Gasteiger charge is -2.18. The van der Waals surface area contributed by atoms with Gasteiger partial charge in [-0.3, -0.25) is 4.79 Å². The predicted molar refractivity (Wildman–Crippen MR) is 77.9 cm³/mol. The van der Waals surface area contributed by atoms with Gasteiger partial charge in [-0.05, 0) is 37.0 Å².